The molecule has 0 bridgehead atoms. The van der Waals surface area contributed by atoms with Crippen molar-refractivity contribution in [1.82, 2.24) is 0 Å². The van der Waals surface area contributed by atoms with Crippen LogP contribution >= 0.6 is 11.6 Å². The first kappa shape index (κ1) is 11.4. The lowest BCUT2D eigenvalue weighted by molar-refractivity contribution is 0.186. The largest absolute Gasteiger partial charge is 0.489 e. The third kappa shape index (κ3) is 3.22. The second-order valence-electron chi connectivity index (χ2n) is 3.37. The number of benzene rings is 1. The standard InChI is InChI=1S/C12H17ClO/c1-3-7-10(4-2)14-12-9-6-5-8-11(12)13/h5-6,8-10H,3-4,7H2,1-2H3/t10-/m0/s1. The summed E-state index contributed by atoms with van der Waals surface area (Å²) in [5.74, 6) is 0.800. The maximum absolute atomic E-state index is 6.00. The molecule has 0 aliphatic carbocycles. The fourth-order valence-corrected chi connectivity index (χ4v) is 1.57. The Morgan fingerprint density at radius 3 is 2.57 bits per heavy atom. The summed E-state index contributed by atoms with van der Waals surface area (Å²) < 4.78 is 5.80. The highest BCUT2D eigenvalue weighted by Crippen LogP contribution is 2.25. The van der Waals surface area contributed by atoms with Gasteiger partial charge in [0, 0.05) is 0 Å². The molecule has 78 valence electrons. The van der Waals surface area contributed by atoms with Crippen molar-refractivity contribution in [2.75, 3.05) is 0 Å². The molecule has 0 fully saturated rings. The van der Waals surface area contributed by atoms with Crippen molar-refractivity contribution in [2.24, 2.45) is 0 Å². The van der Waals surface area contributed by atoms with Crippen molar-refractivity contribution in [2.45, 2.75) is 39.2 Å². The molecule has 0 aromatic heterocycles. The Hall–Kier alpha value is -0.690. The Morgan fingerprint density at radius 1 is 1.29 bits per heavy atom. The average molecular weight is 213 g/mol. The van der Waals surface area contributed by atoms with Gasteiger partial charge in [0.15, 0.2) is 0 Å². The summed E-state index contributed by atoms with van der Waals surface area (Å²) in [5.41, 5.74) is 0. The highest BCUT2D eigenvalue weighted by Gasteiger charge is 2.08. The lowest BCUT2D eigenvalue weighted by Crippen LogP contribution is -2.14. The summed E-state index contributed by atoms with van der Waals surface area (Å²) in [6.07, 6.45) is 3.55. The van der Waals surface area contributed by atoms with Crippen LogP contribution < -0.4 is 4.74 Å². The highest BCUT2D eigenvalue weighted by atomic mass is 35.5. The van der Waals surface area contributed by atoms with Gasteiger partial charge in [0.2, 0.25) is 0 Å². The van der Waals surface area contributed by atoms with E-state index >= 15 is 0 Å². The van der Waals surface area contributed by atoms with Crippen LogP contribution in [0.25, 0.3) is 0 Å². The second kappa shape index (κ2) is 5.92. The number of rotatable bonds is 5. The van der Waals surface area contributed by atoms with E-state index in [9.17, 15) is 0 Å². The van der Waals surface area contributed by atoms with Crippen LogP contribution in [0.5, 0.6) is 5.75 Å². The van der Waals surface area contributed by atoms with E-state index in [1.165, 1.54) is 0 Å². The first-order valence-electron chi connectivity index (χ1n) is 5.19. The molecule has 0 aliphatic heterocycles. The van der Waals surface area contributed by atoms with Gasteiger partial charge in [0.25, 0.3) is 0 Å². The van der Waals surface area contributed by atoms with Gasteiger partial charge in [-0.05, 0) is 25.0 Å². The third-order valence-corrected chi connectivity index (χ3v) is 2.51. The molecule has 0 unspecified atom stereocenters. The van der Waals surface area contributed by atoms with E-state index in [2.05, 4.69) is 13.8 Å². The molecule has 0 aliphatic rings. The van der Waals surface area contributed by atoms with Gasteiger partial charge in [-0.15, -0.1) is 0 Å². The molecule has 0 amide bonds. The molecule has 0 saturated carbocycles. The van der Waals surface area contributed by atoms with E-state index in [0.29, 0.717) is 11.1 Å². The summed E-state index contributed by atoms with van der Waals surface area (Å²) in [4.78, 5) is 0. The highest BCUT2D eigenvalue weighted by molar-refractivity contribution is 6.32. The van der Waals surface area contributed by atoms with Crippen molar-refractivity contribution in [3.05, 3.63) is 29.3 Å². The lowest BCUT2D eigenvalue weighted by atomic mass is 10.1. The van der Waals surface area contributed by atoms with Crippen LogP contribution in [0.3, 0.4) is 0 Å². The number of hydrogen-bond donors (Lipinski definition) is 0. The first-order valence-corrected chi connectivity index (χ1v) is 5.56. The Balaban J connectivity index is 2.62. The van der Waals surface area contributed by atoms with Gasteiger partial charge in [0.05, 0.1) is 11.1 Å². The molecule has 1 nitrogen and oxygen atoms in total. The molecule has 1 aromatic rings. The molecule has 1 rings (SSSR count). The summed E-state index contributed by atoms with van der Waals surface area (Å²) >= 11 is 6.00. The minimum Gasteiger partial charge on any atom is -0.489 e. The Labute approximate surface area is 91.0 Å². The third-order valence-electron chi connectivity index (χ3n) is 2.20. The predicted molar refractivity (Wildman–Crippen MR) is 61.1 cm³/mol. The van der Waals surface area contributed by atoms with Crippen molar-refractivity contribution in [3.63, 3.8) is 0 Å². The SMILES string of the molecule is CCC[C@H](CC)Oc1ccccc1Cl. The van der Waals surface area contributed by atoms with Crippen LogP contribution in [-0.2, 0) is 0 Å². The smallest absolute Gasteiger partial charge is 0.138 e. The molecule has 1 atom stereocenters. The van der Waals surface area contributed by atoms with Gasteiger partial charge in [-0.2, -0.15) is 0 Å². The molecule has 0 heterocycles. The molecule has 0 radical (unpaired) electrons. The summed E-state index contributed by atoms with van der Waals surface area (Å²) in [6, 6.07) is 7.63. The molecular weight excluding hydrogens is 196 g/mol. The summed E-state index contributed by atoms with van der Waals surface area (Å²) in [5, 5.41) is 0.696. The zero-order valence-electron chi connectivity index (χ0n) is 8.79. The maximum Gasteiger partial charge on any atom is 0.138 e. The van der Waals surface area contributed by atoms with Gasteiger partial charge in [-0.3, -0.25) is 0 Å². The second-order valence-corrected chi connectivity index (χ2v) is 3.77. The van der Waals surface area contributed by atoms with E-state index < -0.39 is 0 Å². The predicted octanol–water partition coefficient (Wildman–Crippen LogP) is 4.30. The van der Waals surface area contributed by atoms with Gasteiger partial charge < -0.3 is 4.74 Å². The van der Waals surface area contributed by atoms with E-state index in [-0.39, 0.29) is 0 Å². The topological polar surface area (TPSA) is 9.23 Å². The van der Waals surface area contributed by atoms with Crippen LogP contribution in [0.4, 0.5) is 0 Å². The van der Waals surface area contributed by atoms with Gasteiger partial charge in [-0.25, -0.2) is 0 Å². The van der Waals surface area contributed by atoms with Crippen LogP contribution in [0.1, 0.15) is 33.1 Å². The first-order chi connectivity index (χ1) is 6.77. The Morgan fingerprint density at radius 2 is 2.00 bits per heavy atom. The van der Waals surface area contributed by atoms with E-state index in [0.717, 1.165) is 25.0 Å². The lowest BCUT2D eigenvalue weighted by Gasteiger charge is -2.17. The summed E-state index contributed by atoms with van der Waals surface area (Å²) in [6.45, 7) is 4.30. The molecule has 0 saturated heterocycles. The fourth-order valence-electron chi connectivity index (χ4n) is 1.39. The number of ether oxygens (including phenoxy) is 1. The molecule has 1 aromatic carbocycles. The zero-order chi connectivity index (χ0) is 10.4. The average Bonchev–Trinajstić information content (AvgIpc) is 2.20. The monoisotopic (exact) mass is 212 g/mol. The van der Waals surface area contributed by atoms with Crippen LogP contribution in [-0.4, -0.2) is 6.10 Å². The molecule has 2 heteroatoms. The van der Waals surface area contributed by atoms with Gasteiger partial charge in [-0.1, -0.05) is 44.0 Å². The fraction of sp³-hybridized carbons (Fsp3) is 0.500. The van der Waals surface area contributed by atoms with E-state index in [1.54, 1.807) is 0 Å². The quantitative estimate of drug-likeness (QED) is 0.707. The maximum atomic E-state index is 6.00. The number of halogens is 1. The van der Waals surface area contributed by atoms with E-state index in [1.807, 2.05) is 24.3 Å². The summed E-state index contributed by atoms with van der Waals surface area (Å²) in [7, 11) is 0. The minimum absolute atomic E-state index is 0.292. The normalized spacial score (nSPS) is 12.5. The van der Waals surface area contributed by atoms with Crippen LogP contribution in [0.2, 0.25) is 5.02 Å². The van der Waals surface area contributed by atoms with Crippen molar-refractivity contribution in [1.29, 1.82) is 0 Å². The number of hydrogen-bond acceptors (Lipinski definition) is 1. The molecule has 0 N–H and O–H groups in total. The van der Waals surface area contributed by atoms with Crippen LogP contribution in [0, 0.1) is 0 Å². The minimum atomic E-state index is 0.292. The van der Waals surface area contributed by atoms with Gasteiger partial charge in [0.1, 0.15) is 5.75 Å². The molecule has 0 spiro atoms. The Kier molecular flexibility index (Phi) is 4.81. The van der Waals surface area contributed by atoms with Crippen molar-refractivity contribution >= 4 is 11.6 Å². The van der Waals surface area contributed by atoms with Crippen molar-refractivity contribution in [3.8, 4) is 5.75 Å². The zero-order valence-corrected chi connectivity index (χ0v) is 9.55. The van der Waals surface area contributed by atoms with Gasteiger partial charge >= 0.3 is 0 Å². The van der Waals surface area contributed by atoms with Crippen LogP contribution in [0.15, 0.2) is 24.3 Å². The molecular formula is C12H17ClO. The number of para-hydroxylation sites is 1. The Bertz CT molecular complexity index is 273. The molecule has 14 heavy (non-hydrogen) atoms. The van der Waals surface area contributed by atoms with Crippen molar-refractivity contribution < 1.29 is 4.74 Å². The van der Waals surface area contributed by atoms with E-state index in [4.69, 9.17) is 16.3 Å².